The molecule has 9 N–H and O–H groups in total. The van der Waals surface area contributed by atoms with E-state index in [0.717, 1.165) is 53.2 Å². The molecule has 0 bridgehead atoms. The van der Waals surface area contributed by atoms with Crippen LogP contribution in [0.1, 0.15) is 68.5 Å². The molecule has 6 aromatic carbocycles. The number of piperidine rings is 3. The molecule has 15 rings (SSSR count). The number of carbonyl (C=O) groups is 6. The zero-order valence-corrected chi connectivity index (χ0v) is 54.3. The summed E-state index contributed by atoms with van der Waals surface area (Å²) < 4.78 is 23.3. The van der Waals surface area contributed by atoms with Crippen LogP contribution in [0.3, 0.4) is 0 Å². The van der Waals surface area contributed by atoms with Gasteiger partial charge < -0.3 is 62.1 Å². The average Bonchev–Trinajstić information content (AvgIpc) is 1.63. The quantitative estimate of drug-likeness (QED) is 0.0520. The lowest BCUT2D eigenvalue weighted by Crippen LogP contribution is -2.48. The Morgan fingerprint density at radius 3 is 0.848 bits per heavy atom. The van der Waals surface area contributed by atoms with E-state index in [9.17, 15) is 28.8 Å². The van der Waals surface area contributed by atoms with Crippen molar-refractivity contribution < 1.29 is 43.0 Å². The van der Waals surface area contributed by atoms with Crippen molar-refractivity contribution in [3.05, 3.63) is 218 Å². The van der Waals surface area contributed by atoms with Crippen molar-refractivity contribution in [2.24, 2.45) is 35.0 Å². The van der Waals surface area contributed by atoms with Crippen molar-refractivity contribution in [2.75, 3.05) is 74.9 Å². The number of aromatic nitrogens is 6. The number of nitrogens with two attached hydrogens (primary N) is 3. The predicted molar refractivity (Wildman–Crippen MR) is 375 cm³/mol. The highest BCUT2D eigenvalue weighted by Crippen LogP contribution is 2.44. The van der Waals surface area contributed by atoms with Crippen molar-refractivity contribution in [1.29, 1.82) is 0 Å². The lowest BCUT2D eigenvalue weighted by Gasteiger charge is -2.41. The lowest BCUT2D eigenvalue weighted by atomic mass is 9.90. The highest BCUT2D eigenvalue weighted by Gasteiger charge is 2.43. The van der Waals surface area contributed by atoms with Crippen LogP contribution < -0.4 is 47.4 Å². The maximum atomic E-state index is 12.4. The SMILES string of the molecule is C=CC(=O)N1CCC2C(CNc3c(C(N)=O)c(-c4ccc(Oc5ccccc5)cc4)nn32)C1.C=CC(=O)N1CCC2C(CNc3c(C(N)=O)c(-c4ccc(Oc5ccccc5)cc4)nn32)C1.C=CC(=O)N1CC[C@@H]2[C@@H](CNc3c(C(N)=O)c(-c4ccc(Oc5ccccc5)cc4)nn32)C1. The van der Waals surface area contributed by atoms with E-state index < -0.39 is 17.7 Å². The van der Waals surface area contributed by atoms with Crippen LogP contribution in [0.15, 0.2) is 202 Å². The first kappa shape index (κ1) is 65.5. The molecule has 0 saturated carbocycles. The first-order valence-electron chi connectivity index (χ1n) is 32.9. The van der Waals surface area contributed by atoms with Gasteiger partial charge >= 0.3 is 0 Å². The molecule has 0 radical (unpaired) electrons. The molecule has 3 fully saturated rings. The first-order valence-corrected chi connectivity index (χ1v) is 32.9. The number of fused-ring (bicyclic) bond motifs is 9. The third-order valence-corrected chi connectivity index (χ3v) is 18.9. The van der Waals surface area contributed by atoms with Crippen LogP contribution in [-0.4, -0.2) is 138 Å². The van der Waals surface area contributed by atoms with E-state index in [1.54, 1.807) is 0 Å². The number of primary amides is 3. The molecule has 6 aliphatic rings. The summed E-state index contributed by atoms with van der Waals surface area (Å²) >= 11 is 0. The van der Waals surface area contributed by atoms with Crippen LogP contribution >= 0.6 is 0 Å². The monoisotopic (exact) mass is 1330 g/mol. The van der Waals surface area contributed by atoms with Gasteiger partial charge in [-0.3, -0.25) is 28.8 Å². The molecule has 4 unspecified atom stereocenters. The molecular weight excluding hydrogens is 1250 g/mol. The number of para-hydroxylation sites is 3. The van der Waals surface area contributed by atoms with E-state index in [1.165, 1.54) is 18.2 Å². The summed E-state index contributed by atoms with van der Waals surface area (Å²) in [6, 6.07) is 51.2. The molecule has 99 heavy (non-hydrogen) atoms. The minimum atomic E-state index is -0.527. The number of hydrogen-bond donors (Lipinski definition) is 6. The Morgan fingerprint density at radius 2 is 0.616 bits per heavy atom. The highest BCUT2D eigenvalue weighted by molar-refractivity contribution is 6.05. The second-order valence-corrected chi connectivity index (χ2v) is 24.9. The molecular formula is C75H75N15O9. The molecule has 3 saturated heterocycles. The smallest absolute Gasteiger partial charge is 0.254 e. The van der Waals surface area contributed by atoms with Gasteiger partial charge in [0.2, 0.25) is 17.7 Å². The zero-order valence-electron chi connectivity index (χ0n) is 54.3. The van der Waals surface area contributed by atoms with Gasteiger partial charge in [0.05, 0.1) is 18.1 Å². The van der Waals surface area contributed by atoms with Gasteiger partial charge in [0.15, 0.2) is 0 Å². The third kappa shape index (κ3) is 13.7. The van der Waals surface area contributed by atoms with Crippen molar-refractivity contribution in [2.45, 2.75) is 37.4 Å². The number of likely N-dealkylation sites (tertiary alicyclic amines) is 3. The van der Waals surface area contributed by atoms with Gasteiger partial charge in [-0.2, -0.15) is 15.3 Å². The van der Waals surface area contributed by atoms with E-state index >= 15 is 0 Å². The fourth-order valence-corrected chi connectivity index (χ4v) is 14.1. The number of hydrogen-bond acceptors (Lipinski definition) is 15. The fraction of sp³-hybridized carbons (Fsp3) is 0.240. The summed E-state index contributed by atoms with van der Waals surface area (Å²) in [5, 5.41) is 24.5. The van der Waals surface area contributed by atoms with Crippen LogP contribution in [0.5, 0.6) is 34.5 Å². The summed E-state index contributed by atoms with van der Waals surface area (Å²) in [7, 11) is 0. The Bertz CT molecular complexity index is 4060. The Balaban J connectivity index is 0.000000133. The number of nitrogens with zero attached hydrogens (tertiary/aromatic N) is 9. The fourth-order valence-electron chi connectivity index (χ4n) is 14.1. The standard InChI is InChI=1S/3C25H25N5O3/c3*1-2-21(31)29-13-12-20-17(15-29)14-27-25-22(24(26)32)23(28-30(20)25)16-8-10-19(11-9-16)33-18-6-4-3-5-7-18/h3*2-11,17,20,27H,1,12-15H2,(H2,26,32)/t17-,20+;;/m0../s1. The molecule has 0 spiro atoms. The minimum Gasteiger partial charge on any atom is -0.457 e. The van der Waals surface area contributed by atoms with Gasteiger partial charge in [-0.15, -0.1) is 0 Å². The molecule has 9 heterocycles. The number of nitrogens with one attached hydrogen (secondary N) is 3. The Labute approximate surface area is 571 Å². The van der Waals surface area contributed by atoms with Crippen molar-refractivity contribution >= 4 is 52.9 Å². The van der Waals surface area contributed by atoms with Gasteiger partial charge in [-0.1, -0.05) is 74.3 Å². The third-order valence-electron chi connectivity index (χ3n) is 18.9. The molecule has 504 valence electrons. The Morgan fingerprint density at radius 1 is 0.374 bits per heavy atom. The van der Waals surface area contributed by atoms with Crippen molar-refractivity contribution in [3.8, 4) is 68.3 Å². The van der Waals surface area contributed by atoms with Crippen molar-refractivity contribution in [3.63, 3.8) is 0 Å². The molecule has 3 aromatic heterocycles. The first-order chi connectivity index (χ1) is 48.1. The number of benzene rings is 6. The summed E-state index contributed by atoms with van der Waals surface area (Å²) in [6.45, 7) is 16.4. The number of amides is 6. The Hall–Kier alpha value is -12.2. The average molecular weight is 1330 g/mol. The van der Waals surface area contributed by atoms with Crippen LogP contribution in [0.4, 0.5) is 17.5 Å². The van der Waals surface area contributed by atoms with Crippen LogP contribution in [0.2, 0.25) is 0 Å². The lowest BCUT2D eigenvalue weighted by molar-refractivity contribution is -0.129. The number of anilines is 3. The van der Waals surface area contributed by atoms with E-state index in [1.807, 2.05) is 193 Å². The van der Waals surface area contributed by atoms with Crippen molar-refractivity contribution in [1.82, 2.24) is 44.0 Å². The maximum absolute atomic E-state index is 12.4. The van der Waals surface area contributed by atoms with E-state index in [4.69, 9.17) is 46.7 Å². The predicted octanol–water partition coefficient (Wildman–Crippen LogP) is 10.3. The number of rotatable bonds is 15. The van der Waals surface area contributed by atoms with E-state index in [0.29, 0.717) is 127 Å². The summed E-state index contributed by atoms with van der Waals surface area (Å²) in [5.41, 5.74) is 22.5. The summed E-state index contributed by atoms with van der Waals surface area (Å²) in [4.78, 5) is 78.9. The summed E-state index contributed by atoms with van der Waals surface area (Å²) in [5.74, 6) is 5.04. The topological polar surface area (TPSA) is 307 Å². The normalized spacial score (nSPS) is 19.1. The molecule has 9 aromatic rings. The number of carbonyl (C=O) groups excluding carboxylic acids is 6. The van der Waals surface area contributed by atoms with E-state index in [-0.39, 0.29) is 53.6 Å². The van der Waals surface area contributed by atoms with E-state index in [2.05, 4.69) is 35.7 Å². The van der Waals surface area contributed by atoms with Gasteiger partial charge in [-0.05, 0) is 147 Å². The van der Waals surface area contributed by atoms with Gasteiger partial charge in [0.25, 0.3) is 17.7 Å². The minimum absolute atomic E-state index is 0.0592. The van der Waals surface area contributed by atoms with Crippen LogP contribution in [0, 0.1) is 17.8 Å². The molecule has 6 atom stereocenters. The molecule has 24 nitrogen and oxygen atoms in total. The molecule has 6 amide bonds. The van der Waals surface area contributed by atoms with Crippen LogP contribution in [0.25, 0.3) is 33.8 Å². The second kappa shape index (κ2) is 28.6. The van der Waals surface area contributed by atoms with Gasteiger partial charge in [0, 0.05) is 93.3 Å². The van der Waals surface area contributed by atoms with Gasteiger partial charge in [0.1, 0.15) is 85.7 Å². The van der Waals surface area contributed by atoms with Gasteiger partial charge in [-0.25, -0.2) is 14.0 Å². The summed E-state index contributed by atoms with van der Waals surface area (Å²) in [6.07, 6.45) is 6.31. The highest BCUT2D eigenvalue weighted by atomic mass is 16.5. The second-order valence-electron chi connectivity index (χ2n) is 24.9. The zero-order chi connectivity index (χ0) is 68.8. The molecule has 6 aliphatic heterocycles. The molecule has 0 aliphatic carbocycles. The van der Waals surface area contributed by atoms with Crippen LogP contribution in [-0.2, 0) is 14.4 Å². The maximum Gasteiger partial charge on any atom is 0.254 e. The largest absolute Gasteiger partial charge is 0.457 e. The Kier molecular flexibility index (Phi) is 18.9. The molecule has 24 heteroatoms. The number of ether oxygens (including phenoxy) is 3.